The molecule has 3 heteroatoms. The molecular formula is C17H26ClNO. The lowest BCUT2D eigenvalue weighted by Gasteiger charge is -2.49. The van der Waals surface area contributed by atoms with Gasteiger partial charge in [-0.05, 0) is 57.2 Å². The van der Waals surface area contributed by atoms with Gasteiger partial charge in [-0.15, -0.1) is 12.4 Å². The van der Waals surface area contributed by atoms with E-state index in [4.69, 9.17) is 0 Å². The molecule has 1 saturated heterocycles. The third-order valence-corrected chi connectivity index (χ3v) is 5.05. The maximum absolute atomic E-state index is 9.87. The predicted octanol–water partition coefficient (Wildman–Crippen LogP) is 3.72. The van der Waals surface area contributed by atoms with E-state index in [9.17, 15) is 5.11 Å². The lowest BCUT2D eigenvalue weighted by atomic mass is 9.73. The molecule has 0 radical (unpaired) electrons. The number of hydrogen-bond donors (Lipinski definition) is 1. The molecule has 1 heterocycles. The lowest BCUT2D eigenvalue weighted by Crippen LogP contribution is -2.51. The van der Waals surface area contributed by atoms with Gasteiger partial charge in [0.2, 0.25) is 0 Å². The van der Waals surface area contributed by atoms with Crippen LogP contribution in [0.15, 0.2) is 30.3 Å². The molecule has 0 unspecified atom stereocenters. The third-order valence-electron chi connectivity index (χ3n) is 5.05. The summed E-state index contributed by atoms with van der Waals surface area (Å²) in [6, 6.07) is 11.0. The molecule has 2 nitrogen and oxygen atoms in total. The fourth-order valence-electron chi connectivity index (χ4n) is 3.94. The van der Waals surface area contributed by atoms with Crippen molar-refractivity contribution in [3.05, 3.63) is 35.9 Å². The van der Waals surface area contributed by atoms with Gasteiger partial charge in [0, 0.05) is 5.54 Å². The number of likely N-dealkylation sites (tertiary alicyclic amines) is 1. The summed E-state index contributed by atoms with van der Waals surface area (Å²) in [4.78, 5) is 2.71. The van der Waals surface area contributed by atoms with E-state index in [2.05, 4.69) is 35.2 Å². The Morgan fingerprint density at radius 2 is 1.55 bits per heavy atom. The molecule has 0 aromatic heterocycles. The fraction of sp³-hybridized carbons (Fsp3) is 0.647. The van der Waals surface area contributed by atoms with Crippen molar-refractivity contribution in [2.75, 3.05) is 13.1 Å². The van der Waals surface area contributed by atoms with Gasteiger partial charge < -0.3 is 5.11 Å². The maximum Gasteiger partial charge on any atom is 0.0541 e. The Bertz CT molecular complexity index is 395. The van der Waals surface area contributed by atoms with Crippen LogP contribution in [-0.4, -0.2) is 29.2 Å². The van der Waals surface area contributed by atoms with E-state index >= 15 is 0 Å². The predicted molar refractivity (Wildman–Crippen MR) is 85.3 cm³/mol. The second-order valence-electron chi connectivity index (χ2n) is 6.18. The third kappa shape index (κ3) is 3.03. The molecule has 112 valence electrons. The van der Waals surface area contributed by atoms with Crippen LogP contribution >= 0.6 is 12.4 Å². The molecule has 3 rings (SSSR count). The summed E-state index contributed by atoms with van der Waals surface area (Å²) in [6.07, 6.45) is 8.08. The van der Waals surface area contributed by atoms with Gasteiger partial charge in [-0.1, -0.05) is 36.8 Å². The zero-order valence-corrected chi connectivity index (χ0v) is 12.9. The number of aliphatic hydroxyl groups is 1. The molecule has 1 saturated carbocycles. The number of halogens is 1. The molecule has 1 aromatic rings. The molecular weight excluding hydrogens is 270 g/mol. The van der Waals surface area contributed by atoms with Crippen molar-refractivity contribution in [2.24, 2.45) is 0 Å². The van der Waals surface area contributed by atoms with Crippen LogP contribution in [0.4, 0.5) is 0 Å². The minimum Gasteiger partial charge on any atom is -0.393 e. The van der Waals surface area contributed by atoms with Gasteiger partial charge in [0.25, 0.3) is 0 Å². The van der Waals surface area contributed by atoms with Crippen molar-refractivity contribution in [3.8, 4) is 0 Å². The van der Waals surface area contributed by atoms with E-state index in [-0.39, 0.29) is 24.0 Å². The smallest absolute Gasteiger partial charge is 0.0541 e. The Kier molecular flexibility index (Phi) is 5.48. The van der Waals surface area contributed by atoms with Gasteiger partial charge in [0.15, 0.2) is 0 Å². The van der Waals surface area contributed by atoms with Crippen LogP contribution < -0.4 is 0 Å². The molecule has 0 amide bonds. The van der Waals surface area contributed by atoms with Crippen LogP contribution in [0.3, 0.4) is 0 Å². The monoisotopic (exact) mass is 295 g/mol. The summed E-state index contributed by atoms with van der Waals surface area (Å²) >= 11 is 0. The van der Waals surface area contributed by atoms with Gasteiger partial charge in [0.1, 0.15) is 0 Å². The number of hydrogen-bond acceptors (Lipinski definition) is 2. The van der Waals surface area contributed by atoms with Crippen molar-refractivity contribution in [1.29, 1.82) is 0 Å². The average molecular weight is 296 g/mol. The molecule has 1 N–H and O–H groups in total. The minimum absolute atomic E-state index is 0. The van der Waals surface area contributed by atoms with Crippen LogP contribution in [0.1, 0.15) is 50.5 Å². The zero-order chi connectivity index (χ0) is 13.1. The SMILES string of the molecule is Cl.OC1CCC(c2ccccc2)(N2CCCCC2)CC1. The van der Waals surface area contributed by atoms with Crippen LogP contribution in [0.25, 0.3) is 0 Å². The second kappa shape index (κ2) is 6.93. The Morgan fingerprint density at radius 3 is 2.15 bits per heavy atom. The Hall–Kier alpha value is -0.570. The summed E-state index contributed by atoms with van der Waals surface area (Å²) in [5.41, 5.74) is 1.66. The first-order valence-corrected chi connectivity index (χ1v) is 7.80. The highest BCUT2D eigenvalue weighted by Gasteiger charge is 2.41. The number of piperidine rings is 1. The Morgan fingerprint density at radius 1 is 0.950 bits per heavy atom. The molecule has 2 fully saturated rings. The van der Waals surface area contributed by atoms with Crippen molar-refractivity contribution < 1.29 is 5.11 Å². The van der Waals surface area contributed by atoms with Crippen molar-refractivity contribution >= 4 is 12.4 Å². The van der Waals surface area contributed by atoms with Gasteiger partial charge in [-0.25, -0.2) is 0 Å². The zero-order valence-electron chi connectivity index (χ0n) is 12.1. The highest BCUT2D eigenvalue weighted by molar-refractivity contribution is 5.85. The summed E-state index contributed by atoms with van der Waals surface area (Å²) in [6.45, 7) is 2.45. The van der Waals surface area contributed by atoms with Gasteiger partial charge in [0.05, 0.1) is 6.10 Å². The number of benzene rings is 1. The van der Waals surface area contributed by atoms with E-state index in [0.29, 0.717) is 0 Å². The molecule has 2 aliphatic rings. The molecule has 0 spiro atoms. The summed E-state index contributed by atoms with van der Waals surface area (Å²) in [5.74, 6) is 0. The molecule has 1 aliphatic heterocycles. The summed E-state index contributed by atoms with van der Waals surface area (Å²) < 4.78 is 0. The standard InChI is InChI=1S/C17H25NO.ClH/c19-16-9-11-17(12-10-16,15-7-3-1-4-8-15)18-13-5-2-6-14-18;/h1,3-4,7-8,16,19H,2,5-6,9-14H2;1H. The topological polar surface area (TPSA) is 23.5 Å². The van der Waals surface area contributed by atoms with E-state index < -0.39 is 0 Å². The first-order valence-electron chi connectivity index (χ1n) is 7.80. The number of nitrogens with zero attached hydrogens (tertiary/aromatic N) is 1. The van der Waals surface area contributed by atoms with E-state index in [1.54, 1.807) is 0 Å². The van der Waals surface area contributed by atoms with Gasteiger partial charge in [-0.3, -0.25) is 4.90 Å². The van der Waals surface area contributed by atoms with Crippen LogP contribution in [-0.2, 0) is 5.54 Å². The number of aliphatic hydroxyl groups excluding tert-OH is 1. The minimum atomic E-state index is -0.0818. The molecule has 1 aromatic carbocycles. The maximum atomic E-state index is 9.87. The quantitative estimate of drug-likeness (QED) is 0.899. The molecule has 0 atom stereocenters. The highest BCUT2D eigenvalue weighted by Crippen LogP contribution is 2.43. The summed E-state index contributed by atoms with van der Waals surface area (Å²) in [7, 11) is 0. The van der Waals surface area contributed by atoms with Crippen LogP contribution in [0.2, 0.25) is 0 Å². The first-order chi connectivity index (χ1) is 9.31. The lowest BCUT2D eigenvalue weighted by molar-refractivity contribution is -0.00747. The molecule has 20 heavy (non-hydrogen) atoms. The largest absolute Gasteiger partial charge is 0.393 e. The highest BCUT2D eigenvalue weighted by atomic mass is 35.5. The van der Waals surface area contributed by atoms with E-state index in [1.807, 2.05) is 0 Å². The van der Waals surface area contributed by atoms with E-state index in [1.165, 1.54) is 37.9 Å². The van der Waals surface area contributed by atoms with Crippen molar-refractivity contribution in [2.45, 2.75) is 56.6 Å². The van der Waals surface area contributed by atoms with Gasteiger partial charge >= 0.3 is 0 Å². The molecule has 0 bridgehead atoms. The second-order valence-corrected chi connectivity index (χ2v) is 6.18. The fourth-order valence-corrected chi connectivity index (χ4v) is 3.94. The van der Waals surface area contributed by atoms with E-state index in [0.717, 1.165) is 25.7 Å². The molecule has 1 aliphatic carbocycles. The van der Waals surface area contributed by atoms with Crippen molar-refractivity contribution in [3.63, 3.8) is 0 Å². The normalized spacial score (nSPS) is 31.6. The summed E-state index contributed by atoms with van der Waals surface area (Å²) in [5, 5.41) is 9.87. The first kappa shape index (κ1) is 15.8. The van der Waals surface area contributed by atoms with Crippen LogP contribution in [0.5, 0.6) is 0 Å². The number of rotatable bonds is 2. The average Bonchev–Trinajstić information content (AvgIpc) is 2.50. The van der Waals surface area contributed by atoms with Crippen molar-refractivity contribution in [1.82, 2.24) is 4.90 Å². The Labute approximate surface area is 128 Å². The van der Waals surface area contributed by atoms with Gasteiger partial charge in [-0.2, -0.15) is 0 Å². The van der Waals surface area contributed by atoms with Crippen LogP contribution in [0, 0.1) is 0 Å². The Balaban J connectivity index is 0.00000147.